The van der Waals surface area contributed by atoms with E-state index in [1.54, 1.807) is 18.2 Å². The third kappa shape index (κ3) is 2.63. The van der Waals surface area contributed by atoms with Crippen molar-refractivity contribution in [1.82, 2.24) is 0 Å². The number of hydrogen-bond acceptors (Lipinski definition) is 4. The van der Waals surface area contributed by atoms with Crippen molar-refractivity contribution in [2.24, 2.45) is 10.1 Å². The number of halogens is 1. The van der Waals surface area contributed by atoms with Gasteiger partial charge in [0.2, 0.25) is 0 Å². The Bertz CT molecular complexity index is 571. The van der Waals surface area contributed by atoms with Crippen LogP contribution in [0.4, 0.5) is 5.69 Å². The van der Waals surface area contributed by atoms with E-state index in [0.29, 0.717) is 23.6 Å². The van der Waals surface area contributed by atoms with Gasteiger partial charge in [-0.15, -0.1) is 4.40 Å². The van der Waals surface area contributed by atoms with Crippen LogP contribution in [0.2, 0.25) is 0 Å². The van der Waals surface area contributed by atoms with Crippen LogP contribution < -0.4 is 15.2 Å². The molecule has 6 nitrogen and oxygen atoms in total. The standard InChI is InChI=1S/C9H10IN3O3S/c10-4-5-16-7-3-1-2-6-8(7)9(11)13-17(14,15)12-6/h1-3,12H,4-5H2,(H2,11,13). The zero-order chi connectivity index (χ0) is 12.5. The predicted octanol–water partition coefficient (Wildman–Crippen LogP) is 0.876. The molecule has 3 N–H and O–H groups in total. The minimum absolute atomic E-state index is 0.0530. The number of rotatable bonds is 3. The molecule has 0 saturated carbocycles. The maximum atomic E-state index is 11.3. The molecule has 0 amide bonds. The van der Waals surface area contributed by atoms with Crippen molar-refractivity contribution >= 4 is 44.3 Å². The number of anilines is 1. The first-order valence-electron chi connectivity index (χ1n) is 4.74. The Morgan fingerprint density at radius 1 is 1.47 bits per heavy atom. The number of ether oxygens (including phenoxy) is 1. The Morgan fingerprint density at radius 2 is 2.24 bits per heavy atom. The molecule has 0 aromatic heterocycles. The lowest BCUT2D eigenvalue weighted by Crippen LogP contribution is -2.27. The maximum Gasteiger partial charge on any atom is 0.344 e. The highest BCUT2D eigenvalue weighted by atomic mass is 127. The van der Waals surface area contributed by atoms with Gasteiger partial charge >= 0.3 is 10.2 Å². The summed E-state index contributed by atoms with van der Waals surface area (Å²) in [4.78, 5) is 0. The Labute approximate surface area is 113 Å². The van der Waals surface area contributed by atoms with Gasteiger partial charge < -0.3 is 10.5 Å². The fourth-order valence-corrected chi connectivity index (χ4v) is 2.55. The summed E-state index contributed by atoms with van der Waals surface area (Å²) in [5, 5.41) is 0. The molecule has 2 rings (SSSR count). The van der Waals surface area contributed by atoms with E-state index in [9.17, 15) is 8.42 Å². The van der Waals surface area contributed by atoms with Gasteiger partial charge in [-0.3, -0.25) is 4.72 Å². The van der Waals surface area contributed by atoms with Gasteiger partial charge in [0.05, 0.1) is 17.9 Å². The molecule has 1 aromatic rings. The summed E-state index contributed by atoms with van der Waals surface area (Å²) < 4.78 is 34.7. The van der Waals surface area contributed by atoms with Crippen LogP contribution in [0.1, 0.15) is 5.56 Å². The van der Waals surface area contributed by atoms with Gasteiger partial charge in [0.15, 0.2) is 5.84 Å². The van der Waals surface area contributed by atoms with Crippen molar-refractivity contribution in [1.29, 1.82) is 0 Å². The third-order valence-electron chi connectivity index (χ3n) is 2.07. The van der Waals surface area contributed by atoms with Crippen molar-refractivity contribution in [2.75, 3.05) is 15.8 Å². The highest BCUT2D eigenvalue weighted by Crippen LogP contribution is 2.30. The van der Waals surface area contributed by atoms with Crippen LogP contribution in [0.25, 0.3) is 0 Å². The second kappa shape index (κ2) is 4.69. The molecule has 1 aliphatic heterocycles. The molecule has 1 aromatic carbocycles. The van der Waals surface area contributed by atoms with Gasteiger partial charge in [-0.1, -0.05) is 28.7 Å². The van der Waals surface area contributed by atoms with E-state index in [2.05, 4.69) is 31.7 Å². The second-order valence-electron chi connectivity index (χ2n) is 3.27. The lowest BCUT2D eigenvalue weighted by molar-refractivity contribution is 0.346. The Kier molecular flexibility index (Phi) is 3.43. The molecule has 1 heterocycles. The minimum Gasteiger partial charge on any atom is -0.492 e. The van der Waals surface area contributed by atoms with Gasteiger partial charge in [-0.2, -0.15) is 8.42 Å². The van der Waals surface area contributed by atoms with E-state index in [0.717, 1.165) is 4.43 Å². The number of fused-ring (bicyclic) bond motifs is 1. The van der Waals surface area contributed by atoms with Crippen LogP contribution in [0, 0.1) is 0 Å². The first-order valence-corrected chi connectivity index (χ1v) is 7.70. The average Bonchev–Trinajstić information content (AvgIpc) is 2.23. The van der Waals surface area contributed by atoms with E-state index in [1.165, 1.54) is 0 Å². The summed E-state index contributed by atoms with van der Waals surface area (Å²) in [6, 6.07) is 5.04. The highest BCUT2D eigenvalue weighted by molar-refractivity contribution is 14.1. The normalized spacial score (nSPS) is 16.6. The number of nitrogens with one attached hydrogen (secondary N) is 1. The van der Waals surface area contributed by atoms with E-state index < -0.39 is 10.2 Å². The molecule has 17 heavy (non-hydrogen) atoms. The summed E-state index contributed by atoms with van der Waals surface area (Å²) in [5.74, 6) is 0.477. The van der Waals surface area contributed by atoms with E-state index >= 15 is 0 Å². The molecule has 0 fully saturated rings. The topological polar surface area (TPSA) is 93.8 Å². The zero-order valence-corrected chi connectivity index (χ0v) is 11.7. The fourth-order valence-electron chi connectivity index (χ4n) is 1.49. The van der Waals surface area contributed by atoms with Crippen LogP contribution in [0.5, 0.6) is 5.75 Å². The summed E-state index contributed by atoms with van der Waals surface area (Å²) in [6.07, 6.45) is 0. The second-order valence-corrected chi connectivity index (χ2v) is 5.69. The SMILES string of the molecule is NC1=NS(=O)(=O)Nc2cccc(OCCI)c21. The molecule has 0 saturated heterocycles. The van der Waals surface area contributed by atoms with Crippen LogP contribution in [-0.2, 0) is 10.2 Å². The van der Waals surface area contributed by atoms with Gasteiger partial charge in [0, 0.05) is 4.43 Å². The summed E-state index contributed by atoms with van der Waals surface area (Å²) in [6.45, 7) is 0.525. The van der Waals surface area contributed by atoms with Crippen LogP contribution in [-0.4, -0.2) is 25.3 Å². The Balaban J connectivity index is 2.49. The molecule has 0 atom stereocenters. The summed E-state index contributed by atoms with van der Waals surface area (Å²) in [7, 11) is -3.73. The summed E-state index contributed by atoms with van der Waals surface area (Å²) in [5.41, 5.74) is 6.53. The van der Waals surface area contributed by atoms with Crippen LogP contribution in [0.3, 0.4) is 0 Å². The van der Waals surface area contributed by atoms with Crippen molar-refractivity contribution in [3.63, 3.8) is 0 Å². The van der Waals surface area contributed by atoms with Crippen molar-refractivity contribution in [3.05, 3.63) is 23.8 Å². The molecule has 0 bridgehead atoms. The number of amidine groups is 1. The predicted molar refractivity (Wildman–Crippen MR) is 74.1 cm³/mol. The molecular weight excluding hydrogens is 357 g/mol. The molecule has 0 aliphatic carbocycles. The number of alkyl halides is 1. The van der Waals surface area contributed by atoms with Crippen LogP contribution >= 0.6 is 22.6 Å². The fraction of sp³-hybridized carbons (Fsp3) is 0.222. The molecule has 92 valence electrons. The van der Waals surface area contributed by atoms with E-state index in [-0.39, 0.29) is 5.84 Å². The number of hydrogen-bond donors (Lipinski definition) is 2. The van der Waals surface area contributed by atoms with Crippen molar-refractivity contribution in [3.8, 4) is 5.75 Å². The first kappa shape index (κ1) is 12.4. The van der Waals surface area contributed by atoms with Gasteiger partial charge in [-0.25, -0.2) is 0 Å². The molecule has 8 heteroatoms. The quantitative estimate of drug-likeness (QED) is 0.613. The van der Waals surface area contributed by atoms with Crippen LogP contribution in [0.15, 0.2) is 22.6 Å². The smallest absolute Gasteiger partial charge is 0.344 e. The Hall–Kier alpha value is -1.03. The van der Waals surface area contributed by atoms with E-state index in [4.69, 9.17) is 10.5 Å². The monoisotopic (exact) mass is 367 g/mol. The molecule has 1 aliphatic rings. The third-order valence-corrected chi connectivity index (χ3v) is 3.43. The van der Waals surface area contributed by atoms with Gasteiger partial charge in [-0.05, 0) is 12.1 Å². The van der Waals surface area contributed by atoms with Crippen molar-refractivity contribution < 1.29 is 13.2 Å². The van der Waals surface area contributed by atoms with Gasteiger partial charge in [0.1, 0.15) is 5.75 Å². The molecule has 0 radical (unpaired) electrons. The number of benzene rings is 1. The zero-order valence-electron chi connectivity index (χ0n) is 8.68. The molecule has 0 spiro atoms. The Morgan fingerprint density at radius 3 is 2.94 bits per heavy atom. The lowest BCUT2D eigenvalue weighted by atomic mass is 10.1. The first-order chi connectivity index (χ1) is 8.03. The molecule has 0 unspecified atom stereocenters. The molecular formula is C9H10IN3O3S. The number of nitrogens with two attached hydrogens (primary N) is 1. The van der Waals surface area contributed by atoms with Crippen molar-refractivity contribution in [2.45, 2.75) is 0 Å². The minimum atomic E-state index is -3.73. The highest BCUT2D eigenvalue weighted by Gasteiger charge is 2.23. The van der Waals surface area contributed by atoms with E-state index in [1.807, 2.05) is 0 Å². The largest absolute Gasteiger partial charge is 0.492 e. The lowest BCUT2D eigenvalue weighted by Gasteiger charge is -2.18. The maximum absolute atomic E-state index is 11.3. The summed E-state index contributed by atoms with van der Waals surface area (Å²) >= 11 is 2.18. The number of nitrogens with zero attached hydrogens (tertiary/aromatic N) is 1. The van der Waals surface area contributed by atoms with Gasteiger partial charge in [0.25, 0.3) is 0 Å². The average molecular weight is 367 g/mol.